The van der Waals surface area contributed by atoms with E-state index in [1.165, 1.54) is 22.8 Å². The van der Waals surface area contributed by atoms with Gasteiger partial charge in [-0.05, 0) is 41.5 Å². The maximum absolute atomic E-state index is 13.6. The lowest BCUT2D eigenvalue weighted by atomic mass is 9.85. The molecule has 1 aromatic heterocycles. The van der Waals surface area contributed by atoms with Gasteiger partial charge in [-0.1, -0.05) is 50.9 Å². The lowest BCUT2D eigenvalue weighted by Crippen LogP contribution is -2.18. The second-order valence-electron chi connectivity index (χ2n) is 6.39. The number of hydrogen-bond acceptors (Lipinski definition) is 3. The summed E-state index contributed by atoms with van der Waals surface area (Å²) in [6.45, 7) is 0. The van der Waals surface area contributed by atoms with Crippen molar-refractivity contribution in [2.75, 3.05) is 0 Å². The molecule has 0 spiro atoms. The molecular formula is C21H17BrClFN2O2. The maximum Gasteiger partial charge on any atom is 0.250 e. The summed E-state index contributed by atoms with van der Waals surface area (Å²) in [6, 6.07) is 15.0. The van der Waals surface area contributed by atoms with Crippen molar-refractivity contribution < 1.29 is 9.60 Å². The van der Waals surface area contributed by atoms with Gasteiger partial charge < -0.3 is 9.77 Å². The molecule has 3 rings (SSSR count). The molecule has 0 saturated heterocycles. The van der Waals surface area contributed by atoms with Gasteiger partial charge in [0.15, 0.2) is 0 Å². The lowest BCUT2D eigenvalue weighted by Gasteiger charge is -2.20. The topological polar surface area (TPSA) is 54.6 Å². The molecule has 0 bridgehead atoms. The van der Waals surface area contributed by atoms with Crippen LogP contribution in [0.25, 0.3) is 0 Å². The molecule has 0 saturated carbocycles. The van der Waals surface area contributed by atoms with Crippen LogP contribution in [-0.2, 0) is 7.05 Å². The third kappa shape index (κ3) is 4.51. The molecule has 3 aromatic rings. The molecule has 0 aliphatic carbocycles. The minimum atomic E-state index is -0.419. The number of pyridine rings is 1. The van der Waals surface area contributed by atoms with Crippen LogP contribution in [0.2, 0.25) is 5.02 Å². The highest BCUT2D eigenvalue weighted by molar-refractivity contribution is 9.10. The zero-order valence-electron chi connectivity index (χ0n) is 14.9. The van der Waals surface area contributed by atoms with Crippen LogP contribution in [0, 0.1) is 5.82 Å². The summed E-state index contributed by atoms with van der Waals surface area (Å²) >= 11 is 9.75. The summed E-state index contributed by atoms with van der Waals surface area (Å²) in [7, 11) is 1.63. The van der Waals surface area contributed by atoms with Crippen LogP contribution in [0.15, 0.2) is 75.2 Å². The molecule has 2 aromatic carbocycles. The fourth-order valence-electron chi connectivity index (χ4n) is 3.06. The average molecular weight is 464 g/mol. The fourth-order valence-corrected chi connectivity index (χ4v) is 3.62. The van der Waals surface area contributed by atoms with Gasteiger partial charge in [0.2, 0.25) is 5.56 Å². The van der Waals surface area contributed by atoms with E-state index in [9.17, 15) is 14.4 Å². The third-order valence-electron chi connectivity index (χ3n) is 4.55. The third-order valence-corrected chi connectivity index (χ3v) is 5.40. The quantitative estimate of drug-likeness (QED) is 0.315. The standard InChI is InChI=1S/C21H17BrClFN2O2/c1-26-12-14(4-9-21(26)27)20(25-28)11-18(13-2-5-15(22)6-3-13)17-8-7-16(24)10-19(17)23/h2-10,12,18,28H,11H2,1H3. The molecule has 0 radical (unpaired) electrons. The van der Waals surface area contributed by atoms with Crippen LogP contribution < -0.4 is 5.56 Å². The first-order chi connectivity index (χ1) is 13.4. The predicted molar refractivity (Wildman–Crippen MR) is 112 cm³/mol. The molecule has 7 heteroatoms. The zero-order valence-corrected chi connectivity index (χ0v) is 17.3. The predicted octanol–water partition coefficient (Wildman–Crippen LogP) is 5.34. The van der Waals surface area contributed by atoms with Gasteiger partial charge in [0, 0.05) is 46.7 Å². The number of aromatic nitrogens is 1. The van der Waals surface area contributed by atoms with Gasteiger partial charge in [-0.25, -0.2) is 4.39 Å². The largest absolute Gasteiger partial charge is 0.411 e. The highest BCUT2D eigenvalue weighted by Gasteiger charge is 2.21. The second kappa shape index (κ2) is 8.71. The van der Waals surface area contributed by atoms with E-state index in [2.05, 4.69) is 21.1 Å². The molecule has 0 amide bonds. The molecule has 0 fully saturated rings. The van der Waals surface area contributed by atoms with E-state index in [1.807, 2.05) is 24.3 Å². The Labute approximate surface area is 175 Å². The Bertz CT molecular complexity index is 1080. The molecule has 4 nitrogen and oxygen atoms in total. The molecule has 28 heavy (non-hydrogen) atoms. The minimum absolute atomic E-state index is 0.160. The maximum atomic E-state index is 13.6. The van der Waals surface area contributed by atoms with Crippen LogP contribution in [0.1, 0.15) is 29.0 Å². The Kier molecular flexibility index (Phi) is 6.31. The van der Waals surface area contributed by atoms with Crippen LogP contribution >= 0.6 is 27.5 Å². The first-order valence-corrected chi connectivity index (χ1v) is 9.64. The molecule has 0 aliphatic heterocycles. The van der Waals surface area contributed by atoms with Crippen LogP contribution in [0.4, 0.5) is 4.39 Å². The van der Waals surface area contributed by atoms with E-state index in [0.29, 0.717) is 22.7 Å². The van der Waals surface area contributed by atoms with Crippen molar-refractivity contribution in [2.24, 2.45) is 12.2 Å². The van der Waals surface area contributed by atoms with Crippen LogP contribution in [0.5, 0.6) is 0 Å². The number of hydrogen-bond donors (Lipinski definition) is 1. The molecule has 1 unspecified atom stereocenters. The number of oxime groups is 1. The summed E-state index contributed by atoms with van der Waals surface area (Å²) in [6.07, 6.45) is 1.92. The van der Waals surface area contributed by atoms with Gasteiger partial charge >= 0.3 is 0 Å². The fraction of sp³-hybridized carbons (Fsp3) is 0.143. The number of halogens is 3. The Morgan fingerprint density at radius 3 is 2.54 bits per heavy atom. The summed E-state index contributed by atoms with van der Waals surface area (Å²) in [5.74, 6) is -0.693. The molecule has 144 valence electrons. The smallest absolute Gasteiger partial charge is 0.250 e. The van der Waals surface area contributed by atoms with Gasteiger partial charge in [0.25, 0.3) is 0 Å². The van der Waals surface area contributed by atoms with Gasteiger partial charge in [0.1, 0.15) is 5.82 Å². The van der Waals surface area contributed by atoms with Crippen molar-refractivity contribution in [1.29, 1.82) is 0 Å². The molecule has 0 aliphatic rings. The zero-order chi connectivity index (χ0) is 20.3. The second-order valence-corrected chi connectivity index (χ2v) is 7.71. The Hall–Kier alpha value is -2.44. The van der Waals surface area contributed by atoms with Gasteiger partial charge in [-0.2, -0.15) is 0 Å². The van der Waals surface area contributed by atoms with Crippen molar-refractivity contribution in [2.45, 2.75) is 12.3 Å². The van der Waals surface area contributed by atoms with E-state index < -0.39 is 5.82 Å². The van der Waals surface area contributed by atoms with E-state index in [0.717, 1.165) is 15.6 Å². The van der Waals surface area contributed by atoms with E-state index >= 15 is 0 Å². The Morgan fingerprint density at radius 2 is 1.93 bits per heavy atom. The first-order valence-electron chi connectivity index (χ1n) is 8.47. The normalized spacial score (nSPS) is 12.8. The highest BCUT2D eigenvalue weighted by atomic mass is 79.9. The summed E-state index contributed by atoms with van der Waals surface area (Å²) < 4.78 is 15.9. The van der Waals surface area contributed by atoms with Gasteiger partial charge in [-0.3, -0.25) is 4.79 Å². The van der Waals surface area contributed by atoms with Crippen molar-refractivity contribution in [3.63, 3.8) is 0 Å². The summed E-state index contributed by atoms with van der Waals surface area (Å²) in [4.78, 5) is 11.7. The van der Waals surface area contributed by atoms with Crippen molar-refractivity contribution in [3.05, 3.63) is 103 Å². The number of benzene rings is 2. The summed E-state index contributed by atoms with van der Waals surface area (Å²) in [5, 5.41) is 13.4. The van der Waals surface area contributed by atoms with Crippen molar-refractivity contribution >= 4 is 33.2 Å². The molecule has 1 atom stereocenters. The number of rotatable bonds is 5. The van der Waals surface area contributed by atoms with Crippen molar-refractivity contribution in [1.82, 2.24) is 4.57 Å². The lowest BCUT2D eigenvalue weighted by molar-refractivity contribution is 0.317. The van der Waals surface area contributed by atoms with Gasteiger partial charge in [0.05, 0.1) is 5.71 Å². The number of aryl methyl sites for hydroxylation is 1. The van der Waals surface area contributed by atoms with E-state index in [1.54, 1.807) is 25.4 Å². The Morgan fingerprint density at radius 1 is 1.21 bits per heavy atom. The molecular weight excluding hydrogens is 447 g/mol. The van der Waals surface area contributed by atoms with E-state index in [-0.39, 0.29) is 11.5 Å². The average Bonchev–Trinajstić information content (AvgIpc) is 2.67. The van der Waals surface area contributed by atoms with Crippen molar-refractivity contribution in [3.8, 4) is 0 Å². The summed E-state index contributed by atoms with van der Waals surface area (Å²) in [5.41, 5.74) is 2.50. The highest BCUT2D eigenvalue weighted by Crippen LogP contribution is 2.35. The SMILES string of the molecule is Cn1cc(C(CC(c2ccc(Br)cc2)c2ccc(F)cc2Cl)=NO)ccc1=O. The van der Waals surface area contributed by atoms with Crippen LogP contribution in [-0.4, -0.2) is 15.5 Å². The monoisotopic (exact) mass is 462 g/mol. The van der Waals surface area contributed by atoms with Gasteiger partial charge in [-0.15, -0.1) is 0 Å². The first kappa shape index (κ1) is 20.3. The molecule has 1 heterocycles. The van der Waals surface area contributed by atoms with E-state index in [4.69, 9.17) is 11.6 Å². The Balaban J connectivity index is 2.06. The van der Waals surface area contributed by atoms with Crippen LogP contribution in [0.3, 0.4) is 0 Å². The number of nitrogens with zero attached hydrogens (tertiary/aromatic N) is 2. The molecule has 1 N–H and O–H groups in total. The minimum Gasteiger partial charge on any atom is -0.411 e.